The number of rotatable bonds is 6. The third kappa shape index (κ3) is 3.56. The molecule has 7 nitrogen and oxygen atoms in total. The first-order valence-corrected chi connectivity index (χ1v) is 8.24. The summed E-state index contributed by atoms with van der Waals surface area (Å²) in [5, 5.41) is 16.9. The number of nitrogens with one attached hydrogen (secondary N) is 1. The molecule has 0 aromatic heterocycles. The molecule has 22 heavy (non-hydrogen) atoms. The van der Waals surface area contributed by atoms with Crippen LogP contribution in [0, 0.1) is 18.3 Å². The first-order valence-electron chi connectivity index (χ1n) is 6.80. The summed E-state index contributed by atoms with van der Waals surface area (Å²) in [4.78, 5) is 11.4. The van der Waals surface area contributed by atoms with E-state index in [4.69, 9.17) is 11.1 Å². The number of carboxylic acids is 1. The van der Waals surface area contributed by atoms with Crippen LogP contribution in [-0.4, -0.2) is 35.8 Å². The van der Waals surface area contributed by atoms with Crippen molar-refractivity contribution < 1.29 is 18.3 Å². The van der Waals surface area contributed by atoms with Crippen LogP contribution >= 0.6 is 0 Å². The second kappa shape index (κ2) is 6.78. The highest BCUT2D eigenvalue weighted by Crippen LogP contribution is 2.23. The molecule has 8 heteroatoms. The molecule has 0 amide bonds. The number of nitrogens with zero attached hydrogens (tertiary/aromatic N) is 1. The average Bonchev–Trinajstić information content (AvgIpc) is 2.43. The van der Waals surface area contributed by atoms with E-state index < -0.39 is 33.9 Å². The summed E-state index contributed by atoms with van der Waals surface area (Å²) in [6.45, 7) is 5.16. The van der Waals surface area contributed by atoms with Gasteiger partial charge in [-0.3, -0.25) is 5.41 Å². The molecule has 2 atom stereocenters. The van der Waals surface area contributed by atoms with Crippen molar-refractivity contribution in [3.63, 3.8) is 0 Å². The molecule has 0 fully saturated rings. The van der Waals surface area contributed by atoms with E-state index in [-0.39, 0.29) is 4.90 Å². The van der Waals surface area contributed by atoms with Crippen LogP contribution in [0.5, 0.6) is 0 Å². The molecule has 1 aromatic rings. The van der Waals surface area contributed by atoms with Gasteiger partial charge >= 0.3 is 5.97 Å². The van der Waals surface area contributed by atoms with Crippen LogP contribution in [0.25, 0.3) is 0 Å². The number of benzene rings is 1. The lowest BCUT2D eigenvalue weighted by Crippen LogP contribution is -2.53. The first kappa shape index (κ1) is 18.0. The molecule has 0 saturated heterocycles. The molecule has 0 aliphatic heterocycles. The maximum absolute atomic E-state index is 12.7. The summed E-state index contributed by atoms with van der Waals surface area (Å²) < 4.78 is 25.9. The van der Waals surface area contributed by atoms with Gasteiger partial charge in [-0.05, 0) is 25.0 Å². The molecular formula is C14H21N3O4S. The Morgan fingerprint density at radius 2 is 1.86 bits per heavy atom. The van der Waals surface area contributed by atoms with E-state index in [2.05, 4.69) is 0 Å². The fourth-order valence-corrected chi connectivity index (χ4v) is 3.61. The summed E-state index contributed by atoms with van der Waals surface area (Å²) in [5.74, 6) is -2.64. The predicted octanol–water partition coefficient (Wildman–Crippen LogP) is 1.38. The zero-order chi connectivity index (χ0) is 17.1. The van der Waals surface area contributed by atoms with E-state index in [1.54, 1.807) is 32.9 Å². The number of hydrogen-bond donors (Lipinski definition) is 3. The van der Waals surface area contributed by atoms with Crippen molar-refractivity contribution in [1.82, 2.24) is 4.31 Å². The van der Waals surface area contributed by atoms with E-state index in [0.29, 0.717) is 10.7 Å². The maximum atomic E-state index is 12.7. The minimum atomic E-state index is -4.21. The number of carboxylic acid groups (broad SMARTS) is 1. The predicted molar refractivity (Wildman–Crippen MR) is 83.0 cm³/mol. The Morgan fingerprint density at radius 3 is 2.23 bits per heavy atom. The van der Waals surface area contributed by atoms with Crippen molar-refractivity contribution in [2.45, 2.75) is 38.1 Å². The Bertz CT molecular complexity index is 655. The molecule has 1 aromatic carbocycles. The van der Waals surface area contributed by atoms with Crippen molar-refractivity contribution >= 4 is 22.0 Å². The van der Waals surface area contributed by atoms with Gasteiger partial charge in [0, 0.05) is 0 Å². The van der Waals surface area contributed by atoms with Crippen LogP contribution in [-0.2, 0) is 14.8 Å². The van der Waals surface area contributed by atoms with Crippen LogP contribution in [0.3, 0.4) is 0 Å². The van der Waals surface area contributed by atoms with Gasteiger partial charge in [0.15, 0.2) is 0 Å². The normalized spacial score (nSPS) is 14.1. The van der Waals surface area contributed by atoms with Gasteiger partial charge in [-0.1, -0.05) is 38.0 Å². The Labute approximate surface area is 130 Å². The van der Waals surface area contributed by atoms with Crippen molar-refractivity contribution in [1.29, 1.82) is 5.41 Å². The van der Waals surface area contributed by atoms with Gasteiger partial charge in [0.25, 0.3) is 10.0 Å². The van der Waals surface area contributed by atoms with Gasteiger partial charge in [0.05, 0.1) is 4.90 Å². The van der Waals surface area contributed by atoms with Crippen LogP contribution in [0.4, 0.5) is 0 Å². The largest absolute Gasteiger partial charge is 0.480 e. The topological polar surface area (TPSA) is 125 Å². The lowest BCUT2D eigenvalue weighted by atomic mass is 9.99. The summed E-state index contributed by atoms with van der Waals surface area (Å²) in [7, 11) is -4.21. The van der Waals surface area contributed by atoms with Crippen molar-refractivity contribution in [2.75, 3.05) is 0 Å². The molecule has 122 valence electrons. The lowest BCUT2D eigenvalue weighted by Gasteiger charge is -2.31. The van der Waals surface area contributed by atoms with Gasteiger partial charge in [-0.15, -0.1) is 0 Å². The van der Waals surface area contributed by atoms with E-state index >= 15 is 0 Å². The number of sulfonamides is 1. The minimum Gasteiger partial charge on any atom is -0.480 e. The summed E-state index contributed by atoms with van der Waals surface area (Å²) in [6.07, 6.45) is 0.435. The molecule has 0 aliphatic carbocycles. The number of guanidine groups is 1. The number of aliphatic carboxylic acids is 1. The maximum Gasteiger partial charge on any atom is 0.327 e. The van der Waals surface area contributed by atoms with Crippen LogP contribution < -0.4 is 5.73 Å². The molecule has 4 N–H and O–H groups in total. The second-order valence-electron chi connectivity index (χ2n) is 5.17. The van der Waals surface area contributed by atoms with Gasteiger partial charge in [-0.2, -0.15) is 0 Å². The molecular weight excluding hydrogens is 306 g/mol. The molecule has 0 bridgehead atoms. The van der Waals surface area contributed by atoms with Gasteiger partial charge in [0.1, 0.15) is 6.04 Å². The third-order valence-electron chi connectivity index (χ3n) is 3.50. The van der Waals surface area contributed by atoms with Gasteiger partial charge in [0.2, 0.25) is 5.96 Å². The van der Waals surface area contributed by atoms with Crippen molar-refractivity contribution in [3.05, 3.63) is 29.8 Å². The van der Waals surface area contributed by atoms with Crippen LogP contribution in [0.15, 0.2) is 29.2 Å². The van der Waals surface area contributed by atoms with Gasteiger partial charge in [-0.25, -0.2) is 17.5 Å². The highest BCUT2D eigenvalue weighted by Gasteiger charge is 2.39. The first-order chi connectivity index (χ1) is 10.1. The van der Waals surface area contributed by atoms with Crippen molar-refractivity contribution in [3.8, 4) is 0 Å². The molecule has 0 heterocycles. The Kier molecular flexibility index (Phi) is 5.54. The number of carbonyl (C=O) groups is 1. The Morgan fingerprint density at radius 1 is 1.36 bits per heavy atom. The zero-order valence-electron chi connectivity index (χ0n) is 12.8. The Hall–Kier alpha value is -2.09. The fraction of sp³-hybridized carbons (Fsp3) is 0.429. The van der Waals surface area contributed by atoms with Crippen LogP contribution in [0.1, 0.15) is 25.8 Å². The van der Waals surface area contributed by atoms with Crippen LogP contribution in [0.2, 0.25) is 0 Å². The minimum absolute atomic E-state index is 0.0946. The highest BCUT2D eigenvalue weighted by atomic mass is 32.2. The summed E-state index contributed by atoms with van der Waals surface area (Å²) in [5.41, 5.74) is 6.25. The standard InChI is InChI=1S/C14H21N3O4S/c1-4-10(3)12(13(18)19)17(14(15)16)22(20,21)11-7-5-9(2)6-8-11/h5-8,10,12H,4H2,1-3H3,(H3,15,16)(H,18,19)/t10-,12-/m0/s1. The Balaban J connectivity index is 3.43. The molecule has 0 aliphatic rings. The zero-order valence-corrected chi connectivity index (χ0v) is 13.6. The van der Waals surface area contributed by atoms with E-state index in [1.165, 1.54) is 12.1 Å². The highest BCUT2D eigenvalue weighted by molar-refractivity contribution is 7.89. The van der Waals surface area contributed by atoms with Crippen molar-refractivity contribution in [2.24, 2.45) is 11.7 Å². The monoisotopic (exact) mass is 327 g/mol. The quantitative estimate of drug-likeness (QED) is 0.538. The van der Waals surface area contributed by atoms with E-state index in [0.717, 1.165) is 5.56 Å². The molecule has 0 saturated carbocycles. The summed E-state index contributed by atoms with van der Waals surface area (Å²) >= 11 is 0. The van der Waals surface area contributed by atoms with E-state index in [9.17, 15) is 18.3 Å². The third-order valence-corrected chi connectivity index (χ3v) is 5.31. The molecule has 0 radical (unpaired) electrons. The van der Waals surface area contributed by atoms with E-state index in [1.807, 2.05) is 0 Å². The average molecular weight is 327 g/mol. The number of aryl methyl sites for hydroxylation is 1. The molecule has 0 spiro atoms. The molecule has 0 unspecified atom stereocenters. The fourth-order valence-electron chi connectivity index (χ4n) is 2.05. The number of hydrogen-bond acceptors (Lipinski definition) is 4. The number of nitrogens with two attached hydrogens (primary N) is 1. The second-order valence-corrected chi connectivity index (χ2v) is 6.98. The summed E-state index contributed by atoms with van der Waals surface area (Å²) in [6, 6.07) is 4.52. The smallest absolute Gasteiger partial charge is 0.327 e. The lowest BCUT2D eigenvalue weighted by molar-refractivity contribution is -0.142. The molecule has 1 rings (SSSR count). The SMILES string of the molecule is CC[C@H](C)[C@@H](C(=O)O)N(C(=N)N)S(=O)(=O)c1ccc(C)cc1. The van der Waals surface area contributed by atoms with Gasteiger partial charge < -0.3 is 10.8 Å².